The molecule has 22 heavy (non-hydrogen) atoms. The number of hydrogen-bond donors (Lipinski definition) is 1. The van der Waals surface area contributed by atoms with Crippen molar-refractivity contribution in [3.8, 4) is 0 Å². The van der Waals surface area contributed by atoms with E-state index < -0.39 is 6.10 Å². The van der Waals surface area contributed by atoms with Gasteiger partial charge in [-0.2, -0.15) is 5.10 Å². The van der Waals surface area contributed by atoms with Crippen LogP contribution in [0.15, 0.2) is 16.7 Å². The second kappa shape index (κ2) is 5.57. The smallest absolute Gasteiger partial charge is 0.274 e. The van der Waals surface area contributed by atoms with Gasteiger partial charge in [0.15, 0.2) is 5.69 Å². The molecule has 1 N–H and O–H groups in total. The van der Waals surface area contributed by atoms with Crippen molar-refractivity contribution in [1.82, 2.24) is 19.8 Å². The lowest BCUT2D eigenvalue weighted by Gasteiger charge is -2.14. The monoisotopic (exact) mass is 304 g/mol. The number of nitrogens with zero attached hydrogens (tertiary/aromatic N) is 4. The maximum atomic E-state index is 12.5. The van der Waals surface area contributed by atoms with Crippen molar-refractivity contribution in [2.75, 3.05) is 13.1 Å². The summed E-state index contributed by atoms with van der Waals surface area (Å²) in [5, 5.41) is 18.3. The van der Waals surface area contributed by atoms with Crippen molar-refractivity contribution in [3.63, 3.8) is 0 Å². The quantitative estimate of drug-likeness (QED) is 0.902. The molecule has 0 aliphatic carbocycles. The van der Waals surface area contributed by atoms with Crippen molar-refractivity contribution >= 4 is 5.91 Å². The molecule has 3 rings (SSSR count). The van der Waals surface area contributed by atoms with Gasteiger partial charge in [0.05, 0.1) is 11.8 Å². The number of likely N-dealkylation sites (tertiary alicyclic amines) is 1. The Balaban J connectivity index is 1.68. The van der Waals surface area contributed by atoms with Crippen LogP contribution in [0.2, 0.25) is 0 Å². The lowest BCUT2D eigenvalue weighted by molar-refractivity contribution is 0.0758. The summed E-state index contributed by atoms with van der Waals surface area (Å²) in [6.07, 6.45) is 0.0201. The minimum atomic E-state index is -0.556. The van der Waals surface area contributed by atoms with Crippen LogP contribution in [0.1, 0.15) is 27.6 Å². The number of rotatable bonds is 3. The molecule has 2 aromatic heterocycles. The number of carbonyl (C=O) groups excluding carboxylic acids is 1. The zero-order valence-electron chi connectivity index (χ0n) is 13.0. The van der Waals surface area contributed by atoms with Crippen molar-refractivity contribution in [2.45, 2.75) is 26.4 Å². The van der Waals surface area contributed by atoms with E-state index >= 15 is 0 Å². The number of aryl methyl sites for hydroxylation is 3. The van der Waals surface area contributed by atoms with Gasteiger partial charge in [-0.1, -0.05) is 5.16 Å². The van der Waals surface area contributed by atoms with E-state index in [4.69, 9.17) is 4.52 Å². The maximum Gasteiger partial charge on any atom is 0.274 e. The zero-order valence-corrected chi connectivity index (χ0v) is 13.0. The highest BCUT2D eigenvalue weighted by Gasteiger charge is 2.35. The van der Waals surface area contributed by atoms with Crippen LogP contribution in [0.5, 0.6) is 0 Å². The SMILES string of the molecule is Cc1cc(C[C@@H]2CN(C(=O)c3cc(C)n(C)n3)C[C@H]2O)on1. The van der Waals surface area contributed by atoms with Gasteiger partial charge in [0.1, 0.15) is 5.76 Å². The van der Waals surface area contributed by atoms with Gasteiger partial charge in [0.25, 0.3) is 5.91 Å². The highest BCUT2D eigenvalue weighted by Crippen LogP contribution is 2.23. The molecule has 7 heteroatoms. The van der Waals surface area contributed by atoms with Crippen LogP contribution in [0.25, 0.3) is 0 Å². The van der Waals surface area contributed by atoms with Gasteiger partial charge in [0.2, 0.25) is 0 Å². The maximum absolute atomic E-state index is 12.5. The summed E-state index contributed by atoms with van der Waals surface area (Å²) in [6, 6.07) is 3.63. The molecule has 0 unspecified atom stereocenters. The summed E-state index contributed by atoms with van der Waals surface area (Å²) in [4.78, 5) is 14.1. The Hall–Kier alpha value is -2.15. The van der Waals surface area contributed by atoms with Gasteiger partial charge in [-0.05, 0) is 19.9 Å². The first-order chi connectivity index (χ1) is 10.4. The molecule has 7 nitrogen and oxygen atoms in total. The average molecular weight is 304 g/mol. The Bertz CT molecular complexity index is 671. The molecule has 2 atom stereocenters. The van der Waals surface area contributed by atoms with Crippen molar-refractivity contribution < 1.29 is 14.4 Å². The van der Waals surface area contributed by atoms with Crippen LogP contribution >= 0.6 is 0 Å². The molecule has 1 aliphatic heterocycles. The summed E-state index contributed by atoms with van der Waals surface area (Å²) in [6.45, 7) is 4.58. The summed E-state index contributed by atoms with van der Waals surface area (Å²) < 4.78 is 6.87. The van der Waals surface area contributed by atoms with E-state index in [0.29, 0.717) is 25.2 Å². The van der Waals surface area contributed by atoms with Crippen LogP contribution in [-0.2, 0) is 13.5 Å². The Morgan fingerprint density at radius 1 is 1.41 bits per heavy atom. The average Bonchev–Trinajstić information content (AvgIpc) is 3.12. The van der Waals surface area contributed by atoms with E-state index in [1.54, 1.807) is 22.7 Å². The fraction of sp³-hybridized carbons (Fsp3) is 0.533. The number of aliphatic hydroxyl groups is 1. The van der Waals surface area contributed by atoms with Crippen LogP contribution in [0, 0.1) is 19.8 Å². The highest BCUT2D eigenvalue weighted by atomic mass is 16.5. The van der Waals surface area contributed by atoms with Crippen LogP contribution in [0.4, 0.5) is 0 Å². The van der Waals surface area contributed by atoms with Crippen LogP contribution in [-0.4, -0.2) is 50.0 Å². The molecular formula is C15H20N4O3. The minimum Gasteiger partial charge on any atom is -0.391 e. The third-order valence-electron chi connectivity index (χ3n) is 4.17. The normalized spacial score (nSPS) is 21.5. The second-order valence-electron chi connectivity index (χ2n) is 5.97. The van der Waals surface area contributed by atoms with Gasteiger partial charge >= 0.3 is 0 Å². The number of aliphatic hydroxyl groups excluding tert-OH is 1. The molecule has 0 aromatic carbocycles. The molecule has 3 heterocycles. The summed E-state index contributed by atoms with van der Waals surface area (Å²) in [5.41, 5.74) is 2.17. The molecule has 0 radical (unpaired) electrons. The number of amides is 1. The van der Waals surface area contributed by atoms with E-state index in [-0.39, 0.29) is 11.8 Å². The van der Waals surface area contributed by atoms with E-state index in [2.05, 4.69) is 10.3 Å². The first-order valence-corrected chi connectivity index (χ1v) is 7.34. The van der Waals surface area contributed by atoms with Crippen molar-refractivity contribution in [3.05, 3.63) is 35.0 Å². The highest BCUT2D eigenvalue weighted by molar-refractivity contribution is 5.92. The topological polar surface area (TPSA) is 84.4 Å². The summed E-state index contributed by atoms with van der Waals surface area (Å²) in [7, 11) is 1.81. The van der Waals surface area contributed by atoms with Gasteiger partial charge in [-0.15, -0.1) is 0 Å². The van der Waals surface area contributed by atoms with Gasteiger partial charge in [0, 0.05) is 44.2 Å². The Labute approximate surface area is 128 Å². The third kappa shape index (κ3) is 2.76. The Morgan fingerprint density at radius 2 is 2.18 bits per heavy atom. The molecule has 118 valence electrons. The van der Waals surface area contributed by atoms with Gasteiger partial charge < -0.3 is 14.5 Å². The van der Waals surface area contributed by atoms with Gasteiger partial charge in [-0.3, -0.25) is 9.48 Å². The summed E-state index contributed by atoms with van der Waals surface area (Å²) >= 11 is 0. The zero-order chi connectivity index (χ0) is 15.9. The standard InChI is InChI=1S/C15H20N4O3/c1-9-4-12(22-17-9)6-11-7-19(8-14(11)20)15(21)13-5-10(2)18(3)16-13/h4-5,11,14,20H,6-8H2,1-3H3/t11-,14-/m1/s1. The van der Waals surface area contributed by atoms with E-state index in [0.717, 1.165) is 17.1 Å². The summed E-state index contributed by atoms with van der Waals surface area (Å²) in [5.74, 6) is 0.560. The first kappa shape index (κ1) is 14.8. The minimum absolute atomic E-state index is 0.0406. The van der Waals surface area contributed by atoms with Crippen molar-refractivity contribution in [2.24, 2.45) is 13.0 Å². The predicted octanol–water partition coefficient (Wildman–Crippen LogP) is 0.701. The number of β-amino-alcohol motifs (C(OH)–C–C–N with tert-alkyl or cyclic N) is 1. The van der Waals surface area contributed by atoms with Gasteiger partial charge in [-0.25, -0.2) is 0 Å². The van der Waals surface area contributed by atoms with E-state index in [1.165, 1.54) is 0 Å². The lowest BCUT2D eigenvalue weighted by atomic mass is 10.0. The molecule has 1 aliphatic rings. The molecule has 1 amide bonds. The fourth-order valence-corrected chi connectivity index (χ4v) is 2.82. The first-order valence-electron chi connectivity index (χ1n) is 7.34. The molecule has 1 fully saturated rings. The Kier molecular flexibility index (Phi) is 3.74. The second-order valence-corrected chi connectivity index (χ2v) is 5.97. The molecular weight excluding hydrogens is 284 g/mol. The molecule has 0 saturated carbocycles. The Morgan fingerprint density at radius 3 is 2.77 bits per heavy atom. The van der Waals surface area contributed by atoms with Crippen LogP contribution < -0.4 is 0 Å². The lowest BCUT2D eigenvalue weighted by Crippen LogP contribution is -2.30. The molecule has 2 aromatic rings. The van der Waals surface area contributed by atoms with E-state index in [1.807, 2.05) is 19.9 Å². The van der Waals surface area contributed by atoms with Crippen LogP contribution in [0.3, 0.4) is 0 Å². The fourth-order valence-electron chi connectivity index (χ4n) is 2.82. The van der Waals surface area contributed by atoms with E-state index in [9.17, 15) is 9.90 Å². The number of hydrogen-bond acceptors (Lipinski definition) is 5. The van der Waals surface area contributed by atoms with Crippen molar-refractivity contribution in [1.29, 1.82) is 0 Å². The molecule has 0 spiro atoms. The molecule has 0 bridgehead atoms. The largest absolute Gasteiger partial charge is 0.391 e. The molecule has 1 saturated heterocycles. The number of carbonyl (C=O) groups is 1. The predicted molar refractivity (Wildman–Crippen MR) is 78.3 cm³/mol. The number of aromatic nitrogens is 3. The third-order valence-corrected chi connectivity index (χ3v) is 4.17.